The van der Waals surface area contributed by atoms with Crippen molar-refractivity contribution in [2.24, 2.45) is 11.8 Å². The second kappa shape index (κ2) is 9.99. The molecule has 2 fully saturated rings. The molecule has 1 unspecified atom stereocenters. The summed E-state index contributed by atoms with van der Waals surface area (Å²) in [6.45, 7) is 14.8. The van der Waals surface area contributed by atoms with Crippen LogP contribution in [0.2, 0.25) is 0 Å². The van der Waals surface area contributed by atoms with Crippen molar-refractivity contribution in [1.82, 2.24) is 18.7 Å². The number of carbonyl (C=O) groups is 1. The molecule has 8 heteroatoms. The van der Waals surface area contributed by atoms with Crippen LogP contribution in [0.25, 0.3) is 10.9 Å². The third-order valence-electron chi connectivity index (χ3n) is 7.47. The zero-order valence-corrected chi connectivity index (χ0v) is 22.1. The highest BCUT2D eigenvalue weighted by molar-refractivity contribution is 7.89. The van der Waals surface area contributed by atoms with E-state index in [0.29, 0.717) is 41.5 Å². The molecule has 1 aromatic heterocycles. The highest BCUT2D eigenvalue weighted by atomic mass is 32.2. The fourth-order valence-electron chi connectivity index (χ4n) is 5.81. The second-order valence-corrected chi connectivity index (χ2v) is 12.7. The van der Waals surface area contributed by atoms with Gasteiger partial charge in [0, 0.05) is 55.4 Å². The molecule has 1 atom stereocenters. The number of aromatic nitrogens is 1. The SMILES string of the molecule is CC(C)CN1CCC(C2CN(C(=O)c3ccc4ccn(S(C)(=O)=O)c4c3)CCN2C(C)C)CC1. The predicted molar refractivity (Wildman–Crippen MR) is 138 cm³/mol. The molecule has 2 aliphatic heterocycles. The van der Waals surface area contributed by atoms with Gasteiger partial charge in [-0.3, -0.25) is 9.69 Å². The first kappa shape index (κ1) is 25.2. The summed E-state index contributed by atoms with van der Waals surface area (Å²) in [6.07, 6.45) is 5.09. The quantitative estimate of drug-likeness (QED) is 0.624. The van der Waals surface area contributed by atoms with Gasteiger partial charge in [-0.1, -0.05) is 19.9 Å². The third kappa shape index (κ3) is 5.34. The highest BCUT2D eigenvalue weighted by Crippen LogP contribution is 2.29. The minimum atomic E-state index is -3.42. The van der Waals surface area contributed by atoms with E-state index < -0.39 is 10.0 Å². The number of fused-ring (bicyclic) bond motifs is 1. The number of likely N-dealkylation sites (tertiary alicyclic amines) is 1. The number of piperazine rings is 1. The number of amides is 1. The Labute approximate surface area is 204 Å². The maximum atomic E-state index is 13.5. The van der Waals surface area contributed by atoms with Gasteiger partial charge < -0.3 is 9.80 Å². The summed E-state index contributed by atoms with van der Waals surface area (Å²) in [5.41, 5.74) is 1.11. The van der Waals surface area contributed by atoms with E-state index in [0.717, 1.165) is 38.1 Å². The van der Waals surface area contributed by atoms with Gasteiger partial charge in [-0.05, 0) is 69.8 Å². The summed E-state index contributed by atoms with van der Waals surface area (Å²) in [4.78, 5) is 20.7. The summed E-state index contributed by atoms with van der Waals surface area (Å²) in [6, 6.07) is 7.98. The van der Waals surface area contributed by atoms with Gasteiger partial charge in [0.15, 0.2) is 0 Å². The van der Waals surface area contributed by atoms with Crippen molar-refractivity contribution in [3.05, 3.63) is 36.0 Å². The largest absolute Gasteiger partial charge is 0.336 e. The summed E-state index contributed by atoms with van der Waals surface area (Å²) < 4.78 is 25.6. The average Bonchev–Trinajstić information content (AvgIpc) is 3.22. The van der Waals surface area contributed by atoms with Crippen LogP contribution in [0, 0.1) is 11.8 Å². The molecular weight excluding hydrogens is 448 g/mol. The number of carbonyl (C=O) groups excluding carboxylic acids is 1. The fourth-order valence-corrected chi connectivity index (χ4v) is 6.61. The maximum Gasteiger partial charge on any atom is 0.254 e. The van der Waals surface area contributed by atoms with E-state index in [4.69, 9.17) is 0 Å². The normalized spacial score (nSPS) is 21.7. The summed E-state index contributed by atoms with van der Waals surface area (Å²) in [5.74, 6) is 1.27. The van der Waals surface area contributed by atoms with E-state index in [1.54, 1.807) is 18.3 Å². The van der Waals surface area contributed by atoms with Crippen LogP contribution in [0.4, 0.5) is 0 Å². The number of nitrogens with zero attached hydrogens (tertiary/aromatic N) is 4. The predicted octanol–water partition coefficient (Wildman–Crippen LogP) is 3.35. The molecule has 2 aromatic rings. The molecule has 0 saturated carbocycles. The molecule has 0 bridgehead atoms. The lowest BCUT2D eigenvalue weighted by Crippen LogP contribution is -2.60. The molecule has 0 aliphatic carbocycles. The summed E-state index contributed by atoms with van der Waals surface area (Å²) in [7, 11) is -3.42. The van der Waals surface area contributed by atoms with Gasteiger partial charge in [0.25, 0.3) is 5.91 Å². The molecule has 1 amide bonds. The van der Waals surface area contributed by atoms with E-state index in [-0.39, 0.29) is 5.91 Å². The van der Waals surface area contributed by atoms with Crippen molar-refractivity contribution in [2.45, 2.75) is 52.6 Å². The van der Waals surface area contributed by atoms with E-state index in [9.17, 15) is 13.2 Å². The molecule has 0 N–H and O–H groups in total. The zero-order valence-electron chi connectivity index (χ0n) is 21.3. The minimum absolute atomic E-state index is 0.00574. The van der Waals surface area contributed by atoms with Crippen molar-refractivity contribution in [3.8, 4) is 0 Å². The van der Waals surface area contributed by atoms with E-state index in [2.05, 4.69) is 37.5 Å². The number of hydrogen-bond donors (Lipinski definition) is 0. The van der Waals surface area contributed by atoms with Crippen molar-refractivity contribution >= 4 is 26.8 Å². The molecular formula is C26H40N4O3S. The Morgan fingerprint density at radius 3 is 2.35 bits per heavy atom. The molecule has 34 heavy (non-hydrogen) atoms. The van der Waals surface area contributed by atoms with E-state index >= 15 is 0 Å². The van der Waals surface area contributed by atoms with Crippen LogP contribution in [-0.2, 0) is 10.0 Å². The van der Waals surface area contributed by atoms with Gasteiger partial charge >= 0.3 is 0 Å². The van der Waals surface area contributed by atoms with Crippen LogP contribution in [0.15, 0.2) is 30.5 Å². The summed E-state index contributed by atoms with van der Waals surface area (Å²) in [5, 5.41) is 0.817. The summed E-state index contributed by atoms with van der Waals surface area (Å²) >= 11 is 0. The van der Waals surface area contributed by atoms with Crippen LogP contribution >= 0.6 is 0 Å². The van der Waals surface area contributed by atoms with Gasteiger partial charge in [0.1, 0.15) is 0 Å². The number of hydrogen-bond acceptors (Lipinski definition) is 5. The Balaban J connectivity index is 1.52. The first-order valence-corrected chi connectivity index (χ1v) is 14.5. The van der Waals surface area contributed by atoms with Crippen LogP contribution in [0.3, 0.4) is 0 Å². The second-order valence-electron chi connectivity index (χ2n) is 10.8. The molecule has 0 spiro atoms. The standard InChI is InChI=1S/C26H40N4O3S/c1-19(2)17-27-11-8-22(9-12-27)25-18-28(14-15-29(25)20(3)4)26(31)23-7-6-21-10-13-30(24(21)16-23)34(5,32)33/h6-7,10,13,16,19-20,22,25H,8-9,11-12,14-15,17-18H2,1-5H3. The molecule has 3 heterocycles. The average molecular weight is 489 g/mol. The Hall–Kier alpha value is -1.90. The zero-order chi connectivity index (χ0) is 24.6. The molecule has 4 rings (SSSR count). The third-order valence-corrected chi connectivity index (χ3v) is 8.51. The molecule has 0 radical (unpaired) electrons. The Bertz CT molecular complexity index is 1120. The van der Waals surface area contributed by atoms with E-state index in [1.807, 2.05) is 17.0 Å². The van der Waals surface area contributed by atoms with Gasteiger partial charge in [-0.2, -0.15) is 0 Å². The van der Waals surface area contributed by atoms with Gasteiger partial charge in [-0.25, -0.2) is 12.4 Å². The van der Waals surface area contributed by atoms with Crippen LogP contribution in [-0.4, -0.2) is 90.6 Å². The van der Waals surface area contributed by atoms with Crippen molar-refractivity contribution in [3.63, 3.8) is 0 Å². The van der Waals surface area contributed by atoms with Gasteiger partial charge in [0.05, 0.1) is 11.8 Å². The lowest BCUT2D eigenvalue weighted by Gasteiger charge is -2.48. The number of benzene rings is 1. The van der Waals surface area contributed by atoms with Crippen LogP contribution in [0.1, 0.15) is 50.9 Å². The lowest BCUT2D eigenvalue weighted by molar-refractivity contribution is 0.00374. The van der Waals surface area contributed by atoms with E-state index in [1.165, 1.54) is 23.1 Å². The maximum absolute atomic E-state index is 13.5. The first-order valence-electron chi connectivity index (χ1n) is 12.6. The molecule has 7 nitrogen and oxygen atoms in total. The Kier molecular flexibility index (Phi) is 7.41. The lowest BCUT2D eigenvalue weighted by atomic mass is 9.86. The Morgan fingerprint density at radius 2 is 1.74 bits per heavy atom. The molecule has 1 aromatic carbocycles. The topological polar surface area (TPSA) is 65.9 Å². The van der Waals surface area contributed by atoms with Crippen LogP contribution < -0.4 is 0 Å². The number of rotatable bonds is 6. The van der Waals surface area contributed by atoms with Crippen molar-refractivity contribution in [2.75, 3.05) is 45.5 Å². The molecule has 188 valence electrons. The van der Waals surface area contributed by atoms with Gasteiger partial charge in [0.2, 0.25) is 10.0 Å². The van der Waals surface area contributed by atoms with Gasteiger partial charge in [-0.15, -0.1) is 0 Å². The Morgan fingerprint density at radius 1 is 1.03 bits per heavy atom. The van der Waals surface area contributed by atoms with Crippen molar-refractivity contribution in [1.29, 1.82) is 0 Å². The minimum Gasteiger partial charge on any atom is -0.336 e. The molecule has 2 aliphatic rings. The van der Waals surface area contributed by atoms with Crippen molar-refractivity contribution < 1.29 is 13.2 Å². The monoisotopic (exact) mass is 488 g/mol. The smallest absolute Gasteiger partial charge is 0.254 e. The fraction of sp³-hybridized carbons (Fsp3) is 0.654. The van der Waals surface area contributed by atoms with Crippen LogP contribution in [0.5, 0.6) is 0 Å². The highest BCUT2D eigenvalue weighted by Gasteiger charge is 2.37. The first-order chi connectivity index (χ1) is 16.0. The number of piperidine rings is 1. The molecule has 2 saturated heterocycles.